The first-order valence-electron chi connectivity index (χ1n) is 28.9. The molecule has 0 atom stereocenters. The second kappa shape index (κ2) is 25.1. The van der Waals surface area contributed by atoms with Gasteiger partial charge in [-0.05, 0) is 75.1 Å². The van der Waals surface area contributed by atoms with Crippen molar-refractivity contribution < 1.29 is 37.7 Å². The summed E-state index contributed by atoms with van der Waals surface area (Å²) in [7, 11) is -3.53. The van der Waals surface area contributed by atoms with Crippen molar-refractivity contribution in [1.82, 2.24) is 29.9 Å². The van der Waals surface area contributed by atoms with E-state index in [1.807, 2.05) is 200 Å². The zero-order chi connectivity index (χ0) is 62.8. The van der Waals surface area contributed by atoms with Crippen LogP contribution < -0.4 is 10.9 Å². The molecule has 2 aliphatic carbocycles. The monoisotopic (exact) mass is 1220 g/mol. The largest absolute Gasteiger partial charge is 0.488 e. The smallest absolute Gasteiger partial charge is 0.423 e. The minimum Gasteiger partial charge on any atom is -0.423 e. The molecule has 0 amide bonds. The van der Waals surface area contributed by atoms with Crippen molar-refractivity contribution in [3.63, 3.8) is 0 Å². The predicted octanol–water partition coefficient (Wildman–Crippen LogP) is 15.0. The maximum atomic E-state index is 16.1. The van der Waals surface area contributed by atoms with E-state index in [0.717, 1.165) is 79.7 Å². The van der Waals surface area contributed by atoms with E-state index in [2.05, 4.69) is 9.97 Å². The molecule has 3 heterocycles. The van der Waals surface area contributed by atoms with Crippen LogP contribution in [0.3, 0.4) is 0 Å². The summed E-state index contributed by atoms with van der Waals surface area (Å²) in [6.45, 7) is 0. The Kier molecular flexibility index (Phi) is 16.4. The van der Waals surface area contributed by atoms with Crippen LogP contribution in [-0.4, -0.2) is 64.2 Å². The van der Waals surface area contributed by atoms with Crippen LogP contribution in [0.15, 0.2) is 273 Å². The SMILES string of the molecule is Clc1nc(-c2ccccc2)cc(-c2ccccc2)n1.FC1(F)c2ccc(-c3nc(-c4ccccc4)cc(-c4ccccc4)n3)cc2-c2cc(-c3nc(-c4ccccc4)cc(-c4ccccc4)n3)ccc21.OB(O)c1ccc2c(c1)-c1cc(B(O)O)ccc1C2(F)F. The molecule has 10 aromatic carbocycles. The highest BCUT2D eigenvalue weighted by Gasteiger charge is 2.46. The summed E-state index contributed by atoms with van der Waals surface area (Å²) in [6, 6.07) is 82.6. The van der Waals surface area contributed by atoms with Gasteiger partial charge < -0.3 is 20.1 Å². The van der Waals surface area contributed by atoms with Crippen LogP contribution in [0.5, 0.6) is 0 Å². The maximum absolute atomic E-state index is 16.1. The molecule has 17 heteroatoms. The van der Waals surface area contributed by atoms with Crippen LogP contribution in [0.2, 0.25) is 5.28 Å². The highest BCUT2D eigenvalue weighted by atomic mass is 35.5. The van der Waals surface area contributed by atoms with Crippen LogP contribution in [0.25, 0.3) is 113 Å². The third kappa shape index (κ3) is 12.2. The number of hydrogen-bond acceptors (Lipinski definition) is 10. The van der Waals surface area contributed by atoms with Gasteiger partial charge in [0.15, 0.2) is 11.6 Å². The van der Waals surface area contributed by atoms with Crippen LogP contribution >= 0.6 is 11.6 Å². The molecular formula is C74H49B2ClF4N6O4. The van der Waals surface area contributed by atoms with E-state index in [-0.39, 0.29) is 49.6 Å². The highest BCUT2D eigenvalue weighted by molar-refractivity contribution is 6.59. The number of hydrogen-bond donors (Lipinski definition) is 4. The van der Waals surface area contributed by atoms with E-state index in [4.69, 9.17) is 51.6 Å². The van der Waals surface area contributed by atoms with Crippen molar-refractivity contribution in [2.75, 3.05) is 0 Å². The van der Waals surface area contributed by atoms with Crippen LogP contribution in [0.4, 0.5) is 17.6 Å². The predicted molar refractivity (Wildman–Crippen MR) is 351 cm³/mol. The third-order valence-corrected chi connectivity index (χ3v) is 15.9. The van der Waals surface area contributed by atoms with Crippen LogP contribution in [0, 0.1) is 0 Å². The van der Waals surface area contributed by atoms with Gasteiger partial charge in [-0.1, -0.05) is 243 Å². The van der Waals surface area contributed by atoms with Gasteiger partial charge in [-0.15, -0.1) is 0 Å². The second-order valence-corrected chi connectivity index (χ2v) is 21.9. The minimum atomic E-state index is -3.21. The van der Waals surface area contributed by atoms with Crippen molar-refractivity contribution in [3.05, 3.63) is 301 Å². The van der Waals surface area contributed by atoms with Gasteiger partial charge in [0.2, 0.25) is 5.28 Å². The molecule has 91 heavy (non-hydrogen) atoms. The lowest BCUT2D eigenvalue weighted by Gasteiger charge is -2.13. The van der Waals surface area contributed by atoms with Gasteiger partial charge in [0, 0.05) is 66.8 Å². The van der Waals surface area contributed by atoms with E-state index >= 15 is 8.78 Å². The quantitative estimate of drug-likeness (QED) is 0.0590. The van der Waals surface area contributed by atoms with E-state index in [0.29, 0.717) is 33.9 Å². The lowest BCUT2D eigenvalue weighted by molar-refractivity contribution is 0.0474. The summed E-state index contributed by atoms with van der Waals surface area (Å²) >= 11 is 6.03. The molecule has 0 bridgehead atoms. The van der Waals surface area contributed by atoms with Crippen molar-refractivity contribution in [3.8, 4) is 113 Å². The average molecular weight is 1220 g/mol. The number of benzene rings is 10. The molecule has 10 nitrogen and oxygen atoms in total. The molecular weight excluding hydrogens is 1170 g/mol. The van der Waals surface area contributed by atoms with Gasteiger partial charge in [0.05, 0.1) is 34.2 Å². The van der Waals surface area contributed by atoms with Gasteiger partial charge >= 0.3 is 14.2 Å². The molecule has 0 aliphatic heterocycles. The molecule has 0 spiro atoms. The summed E-state index contributed by atoms with van der Waals surface area (Å²) in [6.07, 6.45) is 0. The van der Waals surface area contributed by atoms with Gasteiger partial charge in [-0.2, -0.15) is 17.6 Å². The molecule has 440 valence electrons. The summed E-state index contributed by atoms with van der Waals surface area (Å²) in [5, 5.41) is 36.9. The number of alkyl halides is 4. The summed E-state index contributed by atoms with van der Waals surface area (Å²) in [4.78, 5) is 28.3. The normalized spacial score (nSPS) is 12.6. The molecule has 4 N–H and O–H groups in total. The molecule has 15 rings (SSSR count). The van der Waals surface area contributed by atoms with Crippen molar-refractivity contribution in [2.45, 2.75) is 11.8 Å². The minimum absolute atomic E-state index is 0.0511. The number of fused-ring (bicyclic) bond motifs is 6. The fourth-order valence-electron chi connectivity index (χ4n) is 11.2. The second-order valence-electron chi connectivity index (χ2n) is 21.6. The number of halogens is 5. The van der Waals surface area contributed by atoms with Crippen molar-refractivity contribution >= 4 is 36.8 Å². The van der Waals surface area contributed by atoms with Crippen LogP contribution in [-0.2, 0) is 11.8 Å². The summed E-state index contributed by atoms with van der Waals surface area (Å²) in [5.74, 6) is -5.47. The molecule has 0 radical (unpaired) electrons. The Balaban J connectivity index is 0.000000154. The first-order valence-corrected chi connectivity index (χ1v) is 29.3. The molecule has 0 saturated carbocycles. The average Bonchev–Trinajstić information content (AvgIpc) is 1.61. The van der Waals surface area contributed by atoms with E-state index in [1.165, 1.54) is 36.4 Å². The van der Waals surface area contributed by atoms with E-state index < -0.39 is 26.1 Å². The molecule has 3 aromatic heterocycles. The van der Waals surface area contributed by atoms with Crippen LogP contribution in [0.1, 0.15) is 22.3 Å². The molecule has 0 saturated heterocycles. The zero-order valence-electron chi connectivity index (χ0n) is 48.0. The topological polar surface area (TPSA) is 158 Å². The number of aromatic nitrogens is 6. The zero-order valence-corrected chi connectivity index (χ0v) is 48.8. The Morgan fingerprint density at radius 1 is 0.264 bits per heavy atom. The maximum Gasteiger partial charge on any atom is 0.488 e. The fourth-order valence-corrected chi connectivity index (χ4v) is 11.4. The number of nitrogens with zero attached hydrogens (tertiary/aromatic N) is 6. The molecule has 2 aliphatic rings. The summed E-state index contributed by atoms with van der Waals surface area (Å²) < 4.78 is 60.8. The third-order valence-electron chi connectivity index (χ3n) is 15.7. The number of rotatable bonds is 10. The Hall–Kier alpha value is -10.6. The Morgan fingerprint density at radius 3 is 0.747 bits per heavy atom. The van der Waals surface area contributed by atoms with Gasteiger partial charge in [0.25, 0.3) is 11.8 Å². The van der Waals surface area contributed by atoms with Gasteiger partial charge in [-0.25, -0.2) is 29.9 Å². The Bertz CT molecular complexity index is 4390. The Labute approximate surface area is 526 Å². The first-order chi connectivity index (χ1) is 44.2. The molecule has 0 fully saturated rings. The fraction of sp³-hybridized carbons (Fsp3) is 0.0270. The van der Waals surface area contributed by atoms with Gasteiger partial charge in [-0.3, -0.25) is 0 Å². The highest BCUT2D eigenvalue weighted by Crippen LogP contribution is 2.53. The molecule has 13 aromatic rings. The molecule has 0 unspecified atom stereocenters. The van der Waals surface area contributed by atoms with Crippen molar-refractivity contribution in [2.24, 2.45) is 0 Å². The Morgan fingerprint density at radius 2 is 0.495 bits per heavy atom. The lowest BCUT2D eigenvalue weighted by Crippen LogP contribution is -2.30. The van der Waals surface area contributed by atoms with E-state index in [1.54, 1.807) is 24.3 Å². The lowest BCUT2D eigenvalue weighted by atomic mass is 9.77. The first kappa shape index (κ1) is 59.4. The van der Waals surface area contributed by atoms with Gasteiger partial charge in [0.1, 0.15) is 0 Å². The summed E-state index contributed by atoms with van der Waals surface area (Å²) in [5.41, 5.74) is 12.5. The van der Waals surface area contributed by atoms with E-state index in [9.17, 15) is 8.78 Å². The van der Waals surface area contributed by atoms with Crippen molar-refractivity contribution in [1.29, 1.82) is 0 Å². The standard InChI is InChI=1S/C45H28F2N4.C16H11ClN2.C13H10B2F2O4/c46-45(47)37-23-21-33(43-48-39(29-13-5-1-6-14-29)27-40(49-43)30-15-7-2-8-16-30)25-35(37)36-26-34(22-24-38(36)45)44-50-41(31-17-9-3-10-18-31)28-42(51-44)32-19-11-4-12-20-32;17-16-18-14(12-7-3-1-4-8-12)11-15(19-16)13-9-5-2-6-10-13;16-13(17)11-3-1-7(14(18)19)5-9(11)10-6-8(15(20)21)2-4-12(10)13/h1-28H;1-11H;1-6,18-21H.